The number of fused-ring (bicyclic) bond motifs is 1. The molecule has 0 aromatic heterocycles. The summed E-state index contributed by atoms with van der Waals surface area (Å²) in [6, 6.07) is 10.8. The second-order valence-corrected chi connectivity index (χ2v) is 8.14. The van der Waals surface area contributed by atoms with Gasteiger partial charge in [0, 0.05) is 18.3 Å². The van der Waals surface area contributed by atoms with E-state index in [0.29, 0.717) is 5.56 Å². The van der Waals surface area contributed by atoms with Crippen molar-refractivity contribution in [1.82, 2.24) is 0 Å². The van der Waals surface area contributed by atoms with Gasteiger partial charge in [-0.1, -0.05) is 12.1 Å². The average Bonchev–Trinajstić information content (AvgIpc) is 2.92. The van der Waals surface area contributed by atoms with Gasteiger partial charge in [-0.05, 0) is 35.9 Å². The number of nitrogens with one attached hydrogen (secondary N) is 1. The summed E-state index contributed by atoms with van der Waals surface area (Å²) in [6.07, 6.45) is 1.19. The molecular formula is C19H18N2O6S. The minimum atomic E-state index is -3.58. The molecule has 1 heterocycles. The van der Waals surface area contributed by atoms with Crippen LogP contribution in [0.5, 0.6) is 0 Å². The molecule has 0 saturated carbocycles. The van der Waals surface area contributed by atoms with Crippen molar-refractivity contribution in [3.05, 3.63) is 59.2 Å². The van der Waals surface area contributed by atoms with Crippen LogP contribution in [-0.4, -0.2) is 46.0 Å². The second kappa shape index (κ2) is 7.43. The maximum Gasteiger partial charge on any atom is 0.340 e. The number of sulfonamides is 1. The summed E-state index contributed by atoms with van der Waals surface area (Å²) in [5, 5.41) is 0. The number of rotatable bonds is 6. The Hall–Kier alpha value is -3.20. The highest BCUT2D eigenvalue weighted by atomic mass is 32.2. The molecule has 146 valence electrons. The summed E-state index contributed by atoms with van der Waals surface area (Å²) >= 11 is 0. The van der Waals surface area contributed by atoms with E-state index < -0.39 is 28.4 Å². The van der Waals surface area contributed by atoms with E-state index in [2.05, 4.69) is 4.72 Å². The molecule has 0 spiro atoms. The van der Waals surface area contributed by atoms with Gasteiger partial charge < -0.3 is 9.64 Å². The molecule has 0 radical (unpaired) electrons. The number of Topliss-reactive ketones (excluding diaryl/α,β-unsaturated/α-hetero) is 1. The van der Waals surface area contributed by atoms with Crippen molar-refractivity contribution in [2.75, 3.05) is 29.5 Å². The summed E-state index contributed by atoms with van der Waals surface area (Å²) < 4.78 is 30.1. The highest BCUT2D eigenvalue weighted by molar-refractivity contribution is 7.92. The van der Waals surface area contributed by atoms with Crippen LogP contribution in [0.4, 0.5) is 11.4 Å². The maximum absolute atomic E-state index is 12.4. The number of hydrogen-bond donors (Lipinski definition) is 1. The van der Waals surface area contributed by atoms with Crippen LogP contribution in [0.1, 0.15) is 26.3 Å². The SMILES string of the molecule is CN1C(=O)Cc2cc(C(=O)COC(=O)c3ccccc3NS(C)(=O)=O)ccc21. The Balaban J connectivity index is 1.70. The van der Waals surface area contributed by atoms with E-state index in [1.807, 2.05) is 0 Å². The molecule has 8 nitrogen and oxygen atoms in total. The van der Waals surface area contributed by atoms with E-state index in [9.17, 15) is 22.8 Å². The van der Waals surface area contributed by atoms with Crippen LogP contribution in [-0.2, 0) is 26.0 Å². The molecule has 1 N–H and O–H groups in total. The zero-order chi connectivity index (χ0) is 20.5. The van der Waals surface area contributed by atoms with Gasteiger partial charge in [0.2, 0.25) is 15.9 Å². The third-order valence-corrected chi connectivity index (χ3v) is 4.85. The Kier molecular flexibility index (Phi) is 5.19. The van der Waals surface area contributed by atoms with Crippen molar-refractivity contribution in [1.29, 1.82) is 0 Å². The Bertz CT molecular complexity index is 1080. The second-order valence-electron chi connectivity index (χ2n) is 6.39. The lowest BCUT2D eigenvalue weighted by Crippen LogP contribution is -2.20. The van der Waals surface area contributed by atoms with Gasteiger partial charge in [0.1, 0.15) is 0 Å². The molecule has 9 heteroatoms. The predicted octanol–water partition coefficient (Wildman–Crippen LogP) is 1.62. The minimum Gasteiger partial charge on any atom is -0.454 e. The van der Waals surface area contributed by atoms with Crippen molar-refractivity contribution in [3.8, 4) is 0 Å². The smallest absolute Gasteiger partial charge is 0.340 e. The molecule has 1 aliphatic heterocycles. The zero-order valence-electron chi connectivity index (χ0n) is 15.3. The van der Waals surface area contributed by atoms with Gasteiger partial charge in [-0.2, -0.15) is 0 Å². The first-order chi connectivity index (χ1) is 13.2. The first-order valence-corrected chi connectivity index (χ1v) is 10.2. The summed E-state index contributed by atoms with van der Waals surface area (Å²) in [6.45, 7) is -0.505. The average molecular weight is 402 g/mol. The number of nitrogens with zero attached hydrogens (tertiary/aromatic N) is 1. The van der Waals surface area contributed by atoms with Crippen LogP contribution in [0.2, 0.25) is 0 Å². The molecule has 1 amide bonds. The topological polar surface area (TPSA) is 110 Å². The molecule has 1 aliphatic rings. The van der Waals surface area contributed by atoms with E-state index in [4.69, 9.17) is 4.74 Å². The van der Waals surface area contributed by atoms with Crippen molar-refractivity contribution >= 4 is 39.1 Å². The lowest BCUT2D eigenvalue weighted by atomic mass is 10.1. The minimum absolute atomic E-state index is 0.00176. The fourth-order valence-corrected chi connectivity index (χ4v) is 3.46. The van der Waals surface area contributed by atoms with E-state index in [1.54, 1.807) is 37.4 Å². The molecule has 0 fully saturated rings. The van der Waals surface area contributed by atoms with E-state index >= 15 is 0 Å². The molecule has 0 atom stereocenters. The Labute approximate surface area is 162 Å². The highest BCUT2D eigenvalue weighted by Crippen LogP contribution is 2.28. The van der Waals surface area contributed by atoms with Crippen molar-refractivity contribution < 1.29 is 27.5 Å². The van der Waals surface area contributed by atoms with Crippen LogP contribution in [0.3, 0.4) is 0 Å². The molecule has 2 aromatic rings. The van der Waals surface area contributed by atoms with Crippen LogP contribution in [0.15, 0.2) is 42.5 Å². The molecule has 0 aliphatic carbocycles. The van der Waals surface area contributed by atoms with Crippen LogP contribution < -0.4 is 9.62 Å². The first kappa shape index (κ1) is 19.6. The predicted molar refractivity (Wildman–Crippen MR) is 103 cm³/mol. The van der Waals surface area contributed by atoms with Gasteiger partial charge in [-0.3, -0.25) is 14.3 Å². The standard InChI is InChI=1S/C19H18N2O6S/c1-21-16-8-7-12(9-13(16)10-18(21)23)17(22)11-27-19(24)14-5-3-4-6-15(14)20-28(2,25)26/h3-9,20H,10-11H2,1-2H3. The van der Waals surface area contributed by atoms with Gasteiger partial charge in [0.25, 0.3) is 0 Å². The Morgan fingerprint density at radius 2 is 1.89 bits per heavy atom. The number of para-hydroxylation sites is 1. The summed E-state index contributed by atoms with van der Waals surface area (Å²) in [5.74, 6) is -1.30. The zero-order valence-corrected chi connectivity index (χ0v) is 16.1. The van der Waals surface area contributed by atoms with Crippen LogP contribution in [0.25, 0.3) is 0 Å². The monoisotopic (exact) mass is 402 g/mol. The summed E-state index contributed by atoms with van der Waals surface area (Å²) in [7, 11) is -1.91. The number of amides is 1. The molecule has 3 rings (SSSR count). The maximum atomic E-state index is 12.4. The molecule has 0 bridgehead atoms. The summed E-state index contributed by atoms with van der Waals surface area (Å²) in [5.41, 5.74) is 1.90. The fourth-order valence-electron chi connectivity index (χ4n) is 2.89. The Morgan fingerprint density at radius 1 is 1.18 bits per heavy atom. The lowest BCUT2D eigenvalue weighted by Gasteiger charge is -2.11. The number of esters is 1. The lowest BCUT2D eigenvalue weighted by molar-refractivity contribution is -0.117. The van der Waals surface area contributed by atoms with Gasteiger partial charge in [0.05, 0.1) is 23.9 Å². The Morgan fingerprint density at radius 3 is 2.61 bits per heavy atom. The van der Waals surface area contributed by atoms with Crippen LogP contribution in [0, 0.1) is 0 Å². The van der Waals surface area contributed by atoms with Gasteiger partial charge in [0.15, 0.2) is 12.4 Å². The third-order valence-electron chi connectivity index (χ3n) is 4.26. The third kappa shape index (κ3) is 4.20. The van der Waals surface area contributed by atoms with E-state index in [-0.39, 0.29) is 23.6 Å². The fraction of sp³-hybridized carbons (Fsp3) is 0.211. The number of ether oxygens (including phenoxy) is 1. The first-order valence-electron chi connectivity index (χ1n) is 8.32. The number of likely N-dealkylation sites (N-methyl/N-ethyl adjacent to an activating group) is 1. The van der Waals surface area contributed by atoms with Crippen molar-refractivity contribution in [2.45, 2.75) is 6.42 Å². The largest absolute Gasteiger partial charge is 0.454 e. The highest BCUT2D eigenvalue weighted by Gasteiger charge is 2.25. The molecule has 2 aromatic carbocycles. The molecule has 28 heavy (non-hydrogen) atoms. The number of ketones is 1. The number of hydrogen-bond acceptors (Lipinski definition) is 6. The molecular weight excluding hydrogens is 384 g/mol. The number of carbonyl (C=O) groups is 3. The van der Waals surface area contributed by atoms with E-state index in [0.717, 1.165) is 17.5 Å². The van der Waals surface area contributed by atoms with Crippen LogP contribution >= 0.6 is 0 Å². The number of benzene rings is 2. The van der Waals surface area contributed by atoms with E-state index in [1.165, 1.54) is 17.0 Å². The van der Waals surface area contributed by atoms with Gasteiger partial charge in [-0.15, -0.1) is 0 Å². The quantitative estimate of drug-likeness (QED) is 0.581. The summed E-state index contributed by atoms with van der Waals surface area (Å²) in [4.78, 5) is 37.9. The molecule has 0 unspecified atom stereocenters. The normalized spacial score (nSPS) is 13.2. The van der Waals surface area contributed by atoms with Gasteiger partial charge >= 0.3 is 5.97 Å². The molecule has 0 saturated heterocycles. The van der Waals surface area contributed by atoms with Crippen molar-refractivity contribution in [2.24, 2.45) is 0 Å². The van der Waals surface area contributed by atoms with Crippen molar-refractivity contribution in [3.63, 3.8) is 0 Å². The number of carbonyl (C=O) groups excluding carboxylic acids is 3. The van der Waals surface area contributed by atoms with Gasteiger partial charge in [-0.25, -0.2) is 13.2 Å². The number of anilines is 2.